The maximum atomic E-state index is 12.8. The Morgan fingerprint density at radius 2 is 1.90 bits per heavy atom. The van der Waals surface area contributed by atoms with E-state index in [1.165, 1.54) is 16.8 Å². The lowest BCUT2D eigenvalue weighted by Crippen LogP contribution is -2.29. The van der Waals surface area contributed by atoms with Crippen molar-refractivity contribution in [3.05, 3.63) is 75.7 Å². The van der Waals surface area contributed by atoms with Crippen LogP contribution in [-0.4, -0.2) is 21.9 Å². The molecule has 0 aliphatic rings. The van der Waals surface area contributed by atoms with Crippen molar-refractivity contribution in [3.63, 3.8) is 0 Å². The average Bonchev–Trinajstić information content (AvgIpc) is 2.73. The number of aryl methyl sites for hydroxylation is 1. The second-order valence-corrected chi connectivity index (χ2v) is 6.60. The third-order valence-corrected chi connectivity index (χ3v) is 4.40. The second kappa shape index (κ2) is 8.89. The van der Waals surface area contributed by atoms with Crippen LogP contribution in [0.3, 0.4) is 0 Å². The first-order valence-corrected chi connectivity index (χ1v) is 9.31. The van der Waals surface area contributed by atoms with Crippen molar-refractivity contribution in [1.29, 1.82) is 0 Å². The molecule has 9 heteroatoms. The third kappa shape index (κ3) is 4.73. The number of alkyl halides is 3. The number of rotatable bonds is 6. The number of hydrogen-bond donors (Lipinski definition) is 1. The van der Waals surface area contributed by atoms with Crippen LogP contribution in [0.5, 0.6) is 0 Å². The van der Waals surface area contributed by atoms with Gasteiger partial charge in [-0.25, -0.2) is 10.1 Å². The summed E-state index contributed by atoms with van der Waals surface area (Å²) in [4.78, 5) is 25.2. The molecule has 30 heavy (non-hydrogen) atoms. The Balaban J connectivity index is 1.87. The van der Waals surface area contributed by atoms with Gasteiger partial charge in [-0.15, -0.1) is 0 Å². The molecular weight excluding hydrogens is 397 g/mol. The first kappa shape index (κ1) is 21.2. The average molecular weight is 416 g/mol. The molecule has 0 bridgehead atoms. The van der Waals surface area contributed by atoms with E-state index in [2.05, 4.69) is 15.6 Å². The maximum absolute atomic E-state index is 12.8. The number of amides is 1. The van der Waals surface area contributed by atoms with Crippen molar-refractivity contribution in [2.45, 2.75) is 32.5 Å². The Kier molecular flexibility index (Phi) is 6.29. The van der Waals surface area contributed by atoms with Gasteiger partial charge in [0.05, 0.1) is 17.2 Å². The molecule has 0 aliphatic carbocycles. The van der Waals surface area contributed by atoms with Crippen LogP contribution in [0.4, 0.5) is 13.2 Å². The Labute approximate surface area is 170 Å². The zero-order chi connectivity index (χ0) is 21.7. The number of halogens is 3. The number of carbonyl (C=O) groups is 1. The fourth-order valence-electron chi connectivity index (χ4n) is 2.88. The van der Waals surface area contributed by atoms with Gasteiger partial charge in [0.15, 0.2) is 5.69 Å². The van der Waals surface area contributed by atoms with E-state index >= 15 is 0 Å². The quantitative estimate of drug-likeness (QED) is 0.488. The Hall–Kier alpha value is -3.49. The van der Waals surface area contributed by atoms with Gasteiger partial charge in [0.25, 0.3) is 11.5 Å². The third-order valence-electron chi connectivity index (χ3n) is 4.40. The number of benzene rings is 2. The number of hydrogen-bond acceptors (Lipinski definition) is 4. The zero-order valence-corrected chi connectivity index (χ0v) is 16.1. The van der Waals surface area contributed by atoms with Crippen LogP contribution < -0.4 is 11.0 Å². The molecule has 3 aromatic rings. The second-order valence-electron chi connectivity index (χ2n) is 6.60. The van der Waals surface area contributed by atoms with Crippen molar-refractivity contribution in [2.75, 3.05) is 0 Å². The minimum absolute atomic E-state index is 0.0162. The summed E-state index contributed by atoms with van der Waals surface area (Å²) in [5.41, 5.74) is 1.36. The molecule has 0 unspecified atom stereocenters. The van der Waals surface area contributed by atoms with Crippen molar-refractivity contribution in [1.82, 2.24) is 15.2 Å². The van der Waals surface area contributed by atoms with Crippen LogP contribution in [-0.2, 0) is 12.7 Å². The fraction of sp³-hybridized carbons (Fsp3) is 0.238. The number of hydrazone groups is 1. The molecule has 6 nitrogen and oxygen atoms in total. The molecule has 0 radical (unpaired) electrons. The molecule has 2 aromatic carbocycles. The normalized spacial score (nSPS) is 11.9. The zero-order valence-electron chi connectivity index (χ0n) is 16.1. The lowest BCUT2D eigenvalue weighted by atomic mass is 10.1. The van der Waals surface area contributed by atoms with E-state index in [0.29, 0.717) is 17.3 Å². The molecule has 0 aliphatic heterocycles. The minimum atomic E-state index is -4.47. The summed E-state index contributed by atoms with van der Waals surface area (Å²) in [5.74, 6) is -0.667. The molecule has 1 aromatic heterocycles. The molecule has 156 valence electrons. The number of carbonyl (C=O) groups excluding carboxylic acids is 1. The molecule has 3 rings (SSSR count). The molecule has 0 atom stereocenters. The number of unbranched alkanes of at least 4 members (excludes halogenated alkanes) is 1. The van der Waals surface area contributed by atoms with Crippen LogP contribution in [0.2, 0.25) is 0 Å². The molecule has 1 heterocycles. The lowest BCUT2D eigenvalue weighted by Gasteiger charge is -2.09. The summed E-state index contributed by atoms with van der Waals surface area (Å²) >= 11 is 0. The first-order valence-electron chi connectivity index (χ1n) is 9.31. The smallest absolute Gasteiger partial charge is 0.267 e. The van der Waals surface area contributed by atoms with Crippen molar-refractivity contribution >= 4 is 22.9 Å². The van der Waals surface area contributed by atoms with Crippen LogP contribution in [0.25, 0.3) is 10.8 Å². The standard InChI is InChI=1S/C21H19F3N4O2/c1-2-3-11-28-20(30)17-10-5-4-9-16(17)18(27-28)19(29)26-25-13-14-7-6-8-15(12-14)21(22,23)24/h4-10,12-13H,2-3,11H2,1H3,(H,26,29)/b25-13-. The van der Waals surface area contributed by atoms with Gasteiger partial charge in [0, 0.05) is 11.9 Å². The van der Waals surface area contributed by atoms with Crippen molar-refractivity contribution < 1.29 is 18.0 Å². The van der Waals surface area contributed by atoms with E-state index < -0.39 is 17.6 Å². The van der Waals surface area contributed by atoms with E-state index in [4.69, 9.17) is 0 Å². The molecule has 1 N–H and O–H groups in total. The highest BCUT2D eigenvalue weighted by molar-refractivity contribution is 6.04. The van der Waals surface area contributed by atoms with Gasteiger partial charge < -0.3 is 0 Å². The summed E-state index contributed by atoms with van der Waals surface area (Å²) in [7, 11) is 0. The van der Waals surface area contributed by atoms with Gasteiger partial charge >= 0.3 is 6.18 Å². The van der Waals surface area contributed by atoms with E-state index in [9.17, 15) is 22.8 Å². The monoisotopic (exact) mass is 416 g/mol. The summed E-state index contributed by atoms with van der Waals surface area (Å²) in [5, 5.41) is 8.66. The Morgan fingerprint density at radius 1 is 1.17 bits per heavy atom. The molecule has 0 fully saturated rings. The highest BCUT2D eigenvalue weighted by Gasteiger charge is 2.30. The lowest BCUT2D eigenvalue weighted by molar-refractivity contribution is -0.137. The van der Waals surface area contributed by atoms with Gasteiger partial charge in [0.2, 0.25) is 0 Å². The van der Waals surface area contributed by atoms with Crippen LogP contribution >= 0.6 is 0 Å². The van der Waals surface area contributed by atoms with Crippen LogP contribution in [0.1, 0.15) is 41.4 Å². The van der Waals surface area contributed by atoms with Gasteiger partial charge in [-0.05, 0) is 30.2 Å². The minimum Gasteiger partial charge on any atom is -0.267 e. The van der Waals surface area contributed by atoms with Gasteiger partial charge in [-0.2, -0.15) is 23.4 Å². The number of fused-ring (bicyclic) bond motifs is 1. The summed E-state index contributed by atoms with van der Waals surface area (Å²) in [6.45, 7) is 2.34. The molecule has 1 amide bonds. The van der Waals surface area contributed by atoms with Crippen molar-refractivity contribution in [3.8, 4) is 0 Å². The van der Waals surface area contributed by atoms with Crippen LogP contribution in [0, 0.1) is 0 Å². The summed E-state index contributed by atoms with van der Waals surface area (Å²) in [6.07, 6.45) is -1.78. The number of nitrogens with one attached hydrogen (secondary N) is 1. The SMILES string of the molecule is CCCCn1nc(C(=O)N/N=C\c2cccc(C(F)(F)F)c2)c2ccccc2c1=O. The summed E-state index contributed by atoms with van der Waals surface area (Å²) in [6, 6.07) is 11.2. The maximum Gasteiger partial charge on any atom is 0.416 e. The Bertz CT molecular complexity index is 1150. The van der Waals surface area contributed by atoms with E-state index in [1.54, 1.807) is 24.3 Å². The molecule has 0 saturated carbocycles. The highest BCUT2D eigenvalue weighted by atomic mass is 19.4. The molecule has 0 spiro atoms. The molecule has 0 saturated heterocycles. The van der Waals surface area contributed by atoms with E-state index in [1.807, 2.05) is 6.92 Å². The fourth-order valence-corrected chi connectivity index (χ4v) is 2.88. The topological polar surface area (TPSA) is 76.3 Å². The summed E-state index contributed by atoms with van der Waals surface area (Å²) < 4.78 is 39.6. The first-order chi connectivity index (χ1) is 14.3. The number of nitrogens with zero attached hydrogens (tertiary/aromatic N) is 3. The van der Waals surface area contributed by atoms with Gasteiger partial charge in [-0.3, -0.25) is 9.59 Å². The largest absolute Gasteiger partial charge is 0.416 e. The predicted molar refractivity (Wildman–Crippen MR) is 107 cm³/mol. The van der Waals surface area contributed by atoms with E-state index in [0.717, 1.165) is 31.2 Å². The van der Waals surface area contributed by atoms with Gasteiger partial charge in [0.1, 0.15) is 0 Å². The van der Waals surface area contributed by atoms with Crippen molar-refractivity contribution in [2.24, 2.45) is 5.10 Å². The predicted octanol–water partition coefficient (Wildman–Crippen LogP) is 3.98. The number of aromatic nitrogens is 2. The van der Waals surface area contributed by atoms with Crippen LogP contribution in [0.15, 0.2) is 58.4 Å². The Morgan fingerprint density at radius 3 is 2.60 bits per heavy atom. The van der Waals surface area contributed by atoms with Gasteiger partial charge in [-0.1, -0.05) is 43.7 Å². The van der Waals surface area contributed by atoms with E-state index in [-0.39, 0.29) is 16.8 Å². The molecular formula is C21H19F3N4O2. The highest BCUT2D eigenvalue weighted by Crippen LogP contribution is 2.29.